The van der Waals surface area contributed by atoms with Crippen LogP contribution < -0.4 is 9.67 Å². The Balaban J connectivity index is 0.00000529. The maximum atomic E-state index is 11.8. The SMILES string of the molecule is Br.C=CC(=O)c1cccc[n+]1CCCCCCCCCCCC[O-]. The summed E-state index contributed by atoms with van der Waals surface area (Å²) in [4.78, 5) is 11.8. The van der Waals surface area contributed by atoms with Crippen LogP contribution in [0.1, 0.15) is 74.7 Å². The molecule has 0 spiro atoms. The van der Waals surface area contributed by atoms with Gasteiger partial charge in [-0.2, -0.15) is 4.57 Å². The molecule has 0 fully saturated rings. The fourth-order valence-electron chi connectivity index (χ4n) is 2.80. The molecule has 1 heterocycles. The van der Waals surface area contributed by atoms with Crippen molar-refractivity contribution in [1.29, 1.82) is 0 Å². The first-order chi connectivity index (χ1) is 11.3. The van der Waals surface area contributed by atoms with Crippen LogP contribution in [0, 0.1) is 0 Å². The van der Waals surface area contributed by atoms with Gasteiger partial charge in [-0.3, -0.25) is 4.79 Å². The molecule has 1 rings (SSSR count). The van der Waals surface area contributed by atoms with E-state index in [0.717, 1.165) is 31.5 Å². The van der Waals surface area contributed by atoms with Crippen molar-refractivity contribution in [3.63, 3.8) is 0 Å². The Morgan fingerprint density at radius 3 is 2.04 bits per heavy atom. The fraction of sp³-hybridized carbons (Fsp3) is 0.600. The average Bonchev–Trinajstić information content (AvgIpc) is 2.59. The van der Waals surface area contributed by atoms with Crippen molar-refractivity contribution in [2.75, 3.05) is 6.61 Å². The molecule has 0 amide bonds. The number of pyridine rings is 1. The summed E-state index contributed by atoms with van der Waals surface area (Å²) >= 11 is 0. The topological polar surface area (TPSA) is 44.0 Å². The molecule has 0 bridgehead atoms. The number of ketones is 1. The highest BCUT2D eigenvalue weighted by Gasteiger charge is 2.14. The quantitative estimate of drug-likeness (QED) is 0.204. The van der Waals surface area contributed by atoms with Crippen LogP contribution in [0.15, 0.2) is 37.1 Å². The predicted octanol–water partition coefficient (Wildman–Crippen LogP) is 4.18. The molecule has 24 heavy (non-hydrogen) atoms. The average molecular weight is 398 g/mol. The first kappa shape index (κ1) is 23.0. The number of hydrogen-bond acceptors (Lipinski definition) is 2. The molecule has 4 heteroatoms. The zero-order valence-electron chi connectivity index (χ0n) is 14.8. The number of hydrogen-bond donors (Lipinski definition) is 0. The zero-order chi connectivity index (χ0) is 16.8. The molecule has 0 aromatic carbocycles. The van der Waals surface area contributed by atoms with Gasteiger partial charge in [-0.15, -0.1) is 23.6 Å². The Bertz CT molecular complexity index is 463. The number of unbranched alkanes of at least 4 members (excludes halogenated alkanes) is 9. The van der Waals surface area contributed by atoms with Crippen LogP contribution in [0.5, 0.6) is 0 Å². The van der Waals surface area contributed by atoms with Gasteiger partial charge in [-0.05, 0) is 18.6 Å². The summed E-state index contributed by atoms with van der Waals surface area (Å²) in [6.07, 6.45) is 15.2. The Morgan fingerprint density at radius 1 is 0.958 bits per heavy atom. The molecule has 1 aromatic rings. The smallest absolute Gasteiger partial charge is 0.252 e. The molecule has 0 aliphatic carbocycles. The Morgan fingerprint density at radius 2 is 1.50 bits per heavy atom. The minimum absolute atomic E-state index is 0. The van der Waals surface area contributed by atoms with Crippen molar-refractivity contribution in [1.82, 2.24) is 0 Å². The molecule has 3 nitrogen and oxygen atoms in total. The molecule has 0 aliphatic heterocycles. The van der Waals surface area contributed by atoms with Crippen molar-refractivity contribution in [2.24, 2.45) is 0 Å². The van der Waals surface area contributed by atoms with Crippen LogP contribution in [0.2, 0.25) is 0 Å². The minimum Gasteiger partial charge on any atom is -0.854 e. The van der Waals surface area contributed by atoms with Crippen LogP contribution in [0.3, 0.4) is 0 Å². The standard InChI is InChI=1S/C20H31NO2.BrH/c1-2-20(23)19-15-11-13-17-21(19)16-12-9-7-5-3-4-6-8-10-14-18-22;/h2,11,13,15,17H,1,3-10,12,14,16,18H2;1H. The summed E-state index contributed by atoms with van der Waals surface area (Å²) in [6, 6.07) is 5.72. The first-order valence-corrected chi connectivity index (χ1v) is 9.03. The van der Waals surface area contributed by atoms with Gasteiger partial charge in [-0.1, -0.05) is 57.9 Å². The van der Waals surface area contributed by atoms with Gasteiger partial charge in [0.05, 0.1) is 0 Å². The Kier molecular flexibility index (Phi) is 14.9. The number of aromatic nitrogens is 1. The summed E-state index contributed by atoms with van der Waals surface area (Å²) in [5, 5.41) is 10.3. The number of nitrogens with zero attached hydrogens (tertiary/aromatic N) is 1. The van der Waals surface area contributed by atoms with E-state index in [2.05, 4.69) is 6.58 Å². The van der Waals surface area contributed by atoms with Gasteiger partial charge < -0.3 is 5.11 Å². The molecule has 0 saturated heterocycles. The van der Waals surface area contributed by atoms with Crippen LogP contribution in [0.25, 0.3) is 0 Å². The van der Waals surface area contributed by atoms with Gasteiger partial charge in [0.25, 0.3) is 5.69 Å². The maximum absolute atomic E-state index is 11.8. The zero-order valence-corrected chi connectivity index (χ0v) is 16.5. The van der Waals surface area contributed by atoms with E-state index in [1.165, 1.54) is 51.0 Å². The highest BCUT2D eigenvalue weighted by molar-refractivity contribution is 8.93. The Labute approximate surface area is 157 Å². The number of carbonyl (C=O) groups is 1. The summed E-state index contributed by atoms with van der Waals surface area (Å²) in [5.41, 5.74) is 0.723. The largest absolute Gasteiger partial charge is 0.854 e. The Hall–Kier alpha value is -1.00. The lowest BCUT2D eigenvalue weighted by atomic mass is 10.1. The third-order valence-electron chi connectivity index (χ3n) is 4.17. The summed E-state index contributed by atoms with van der Waals surface area (Å²) in [6.45, 7) is 4.54. The highest BCUT2D eigenvalue weighted by Crippen LogP contribution is 2.10. The third kappa shape index (κ3) is 9.99. The molecule has 0 saturated carbocycles. The van der Waals surface area contributed by atoms with Crippen molar-refractivity contribution < 1.29 is 14.5 Å². The van der Waals surface area contributed by atoms with Gasteiger partial charge in [0.1, 0.15) is 6.54 Å². The van der Waals surface area contributed by atoms with Crippen LogP contribution in [-0.4, -0.2) is 12.4 Å². The second-order valence-corrected chi connectivity index (χ2v) is 6.09. The molecular formula is C20H32BrNO2. The van der Waals surface area contributed by atoms with E-state index in [1.54, 1.807) is 0 Å². The van der Waals surface area contributed by atoms with Gasteiger partial charge >= 0.3 is 0 Å². The summed E-state index contributed by atoms with van der Waals surface area (Å²) in [5.74, 6) is -0.0115. The number of rotatable bonds is 14. The molecular weight excluding hydrogens is 366 g/mol. The van der Waals surface area contributed by atoms with Crippen LogP contribution >= 0.6 is 17.0 Å². The van der Waals surface area contributed by atoms with Crippen molar-refractivity contribution in [3.8, 4) is 0 Å². The second-order valence-electron chi connectivity index (χ2n) is 6.09. The van der Waals surface area contributed by atoms with E-state index >= 15 is 0 Å². The van der Waals surface area contributed by atoms with E-state index < -0.39 is 0 Å². The third-order valence-corrected chi connectivity index (χ3v) is 4.17. The molecule has 0 N–H and O–H groups in total. The maximum Gasteiger partial charge on any atom is 0.252 e. The van der Waals surface area contributed by atoms with Crippen LogP contribution in [-0.2, 0) is 6.54 Å². The normalized spacial score (nSPS) is 10.2. The number of aryl methyl sites for hydroxylation is 1. The van der Waals surface area contributed by atoms with E-state index in [0.29, 0.717) is 0 Å². The molecule has 1 aromatic heterocycles. The van der Waals surface area contributed by atoms with Gasteiger partial charge in [0.2, 0.25) is 5.78 Å². The van der Waals surface area contributed by atoms with E-state index in [1.807, 2.05) is 29.0 Å². The first-order valence-electron chi connectivity index (χ1n) is 9.03. The molecule has 0 aliphatic rings. The van der Waals surface area contributed by atoms with Crippen molar-refractivity contribution in [3.05, 3.63) is 42.7 Å². The summed E-state index contributed by atoms with van der Waals surface area (Å²) < 4.78 is 2.03. The van der Waals surface area contributed by atoms with E-state index in [4.69, 9.17) is 0 Å². The summed E-state index contributed by atoms with van der Waals surface area (Å²) in [7, 11) is 0. The lowest BCUT2D eigenvalue weighted by Gasteiger charge is -2.04. The molecule has 136 valence electrons. The number of carbonyl (C=O) groups excluding carboxylic acids is 1. The van der Waals surface area contributed by atoms with Gasteiger partial charge in [0.15, 0.2) is 6.20 Å². The van der Waals surface area contributed by atoms with E-state index in [-0.39, 0.29) is 29.4 Å². The van der Waals surface area contributed by atoms with Gasteiger partial charge in [0, 0.05) is 18.6 Å². The lowest BCUT2D eigenvalue weighted by Crippen LogP contribution is -2.39. The van der Waals surface area contributed by atoms with Crippen molar-refractivity contribution >= 4 is 22.8 Å². The monoisotopic (exact) mass is 397 g/mol. The highest BCUT2D eigenvalue weighted by atomic mass is 79.9. The minimum atomic E-state index is -0.0115. The van der Waals surface area contributed by atoms with Crippen molar-refractivity contribution in [2.45, 2.75) is 70.8 Å². The molecule has 0 unspecified atom stereocenters. The number of allylic oxidation sites excluding steroid dienone is 1. The predicted molar refractivity (Wildman–Crippen MR) is 103 cm³/mol. The van der Waals surface area contributed by atoms with E-state index in [9.17, 15) is 9.90 Å². The van der Waals surface area contributed by atoms with Crippen LogP contribution in [0.4, 0.5) is 0 Å². The molecule has 0 atom stereocenters. The lowest BCUT2D eigenvalue weighted by molar-refractivity contribution is -0.699. The fourth-order valence-corrected chi connectivity index (χ4v) is 2.80. The molecule has 0 radical (unpaired) electrons. The number of halogens is 1. The van der Waals surface area contributed by atoms with Gasteiger partial charge in [-0.25, -0.2) is 0 Å². The second kappa shape index (κ2) is 15.5.